The number of likely N-dealkylation sites (N-methyl/N-ethyl adjacent to an activating group) is 1. The van der Waals surface area contributed by atoms with E-state index in [2.05, 4.69) is 11.6 Å². The Bertz CT molecular complexity index is 393. The molecule has 0 bridgehead atoms. The summed E-state index contributed by atoms with van der Waals surface area (Å²) in [6, 6.07) is 1.14. The molecule has 0 aliphatic carbocycles. The fraction of sp³-hybridized carbons (Fsp3) is 0.200. The second kappa shape index (κ2) is 4.63. The Kier molecular flexibility index (Phi) is 3.49. The van der Waals surface area contributed by atoms with Crippen molar-refractivity contribution in [3.05, 3.63) is 42.2 Å². The monoisotopic (exact) mass is 212 g/mol. The maximum atomic E-state index is 13.1. The van der Waals surface area contributed by atoms with Crippen molar-refractivity contribution in [1.29, 1.82) is 0 Å². The summed E-state index contributed by atoms with van der Waals surface area (Å²) in [5.74, 6) is -3.10. The zero-order valence-electron chi connectivity index (χ0n) is 8.20. The van der Waals surface area contributed by atoms with Crippen LogP contribution in [0.25, 0.3) is 0 Å². The van der Waals surface area contributed by atoms with E-state index in [-0.39, 0.29) is 12.1 Å². The molecule has 1 aromatic rings. The van der Waals surface area contributed by atoms with Gasteiger partial charge in [0.15, 0.2) is 5.82 Å². The first-order valence-corrected chi connectivity index (χ1v) is 4.24. The molecule has 0 fully saturated rings. The number of aromatic nitrogens is 1. The molecular weight excluding hydrogens is 202 g/mol. The number of hydrogen-bond donors (Lipinski definition) is 0. The van der Waals surface area contributed by atoms with Gasteiger partial charge in [0, 0.05) is 19.8 Å². The average Bonchev–Trinajstić information content (AvgIpc) is 2.21. The zero-order chi connectivity index (χ0) is 11.4. The number of pyridine rings is 1. The Morgan fingerprint density at radius 3 is 2.93 bits per heavy atom. The highest BCUT2D eigenvalue weighted by Gasteiger charge is 2.18. The minimum absolute atomic E-state index is 0.266. The SMILES string of the molecule is C=CCN(C)C(=O)c1ccnc(F)c1F. The lowest BCUT2D eigenvalue weighted by molar-refractivity contribution is 0.0804. The van der Waals surface area contributed by atoms with Crippen molar-refractivity contribution >= 4 is 5.91 Å². The third-order valence-electron chi connectivity index (χ3n) is 1.83. The molecule has 0 aromatic carbocycles. The predicted molar refractivity (Wildman–Crippen MR) is 51.3 cm³/mol. The van der Waals surface area contributed by atoms with Crippen LogP contribution in [-0.2, 0) is 0 Å². The van der Waals surface area contributed by atoms with Crippen LogP contribution in [0.2, 0.25) is 0 Å². The van der Waals surface area contributed by atoms with Crippen molar-refractivity contribution in [2.75, 3.05) is 13.6 Å². The van der Waals surface area contributed by atoms with Gasteiger partial charge in [0.2, 0.25) is 5.95 Å². The van der Waals surface area contributed by atoms with Crippen molar-refractivity contribution in [3.63, 3.8) is 0 Å². The van der Waals surface area contributed by atoms with Crippen molar-refractivity contribution in [1.82, 2.24) is 9.88 Å². The Morgan fingerprint density at radius 2 is 2.33 bits per heavy atom. The average molecular weight is 212 g/mol. The molecule has 0 aliphatic heterocycles. The molecule has 1 amide bonds. The Balaban J connectivity index is 3.01. The summed E-state index contributed by atoms with van der Waals surface area (Å²) in [7, 11) is 1.47. The highest BCUT2D eigenvalue weighted by Crippen LogP contribution is 2.10. The van der Waals surface area contributed by atoms with Gasteiger partial charge in [-0.2, -0.15) is 4.39 Å². The second-order valence-corrected chi connectivity index (χ2v) is 2.94. The molecule has 0 atom stereocenters. The quantitative estimate of drug-likeness (QED) is 0.563. The number of halogens is 2. The van der Waals surface area contributed by atoms with Gasteiger partial charge < -0.3 is 4.90 Å². The lowest BCUT2D eigenvalue weighted by atomic mass is 10.2. The molecule has 0 aliphatic rings. The highest BCUT2D eigenvalue weighted by atomic mass is 19.2. The van der Waals surface area contributed by atoms with Crippen LogP contribution in [0.3, 0.4) is 0 Å². The van der Waals surface area contributed by atoms with Gasteiger partial charge in [-0.15, -0.1) is 6.58 Å². The van der Waals surface area contributed by atoms with Crippen molar-refractivity contribution in [3.8, 4) is 0 Å². The highest BCUT2D eigenvalue weighted by molar-refractivity contribution is 5.94. The van der Waals surface area contributed by atoms with E-state index in [1.807, 2.05) is 0 Å². The van der Waals surface area contributed by atoms with Gasteiger partial charge in [0.1, 0.15) is 0 Å². The molecule has 1 aromatic heterocycles. The van der Waals surface area contributed by atoms with Crippen molar-refractivity contribution < 1.29 is 13.6 Å². The number of carbonyl (C=O) groups excluding carboxylic acids is 1. The van der Waals surface area contributed by atoms with Gasteiger partial charge in [-0.25, -0.2) is 9.37 Å². The number of nitrogens with zero attached hydrogens (tertiary/aromatic N) is 2. The Morgan fingerprint density at radius 1 is 1.67 bits per heavy atom. The normalized spacial score (nSPS) is 9.80. The molecule has 0 radical (unpaired) electrons. The van der Waals surface area contributed by atoms with Crippen LogP contribution in [0.1, 0.15) is 10.4 Å². The van der Waals surface area contributed by atoms with E-state index in [1.54, 1.807) is 0 Å². The molecule has 0 unspecified atom stereocenters. The minimum atomic E-state index is -1.27. The number of amides is 1. The second-order valence-electron chi connectivity index (χ2n) is 2.94. The maximum absolute atomic E-state index is 13.1. The Labute approximate surface area is 86.0 Å². The van der Waals surface area contributed by atoms with Crippen LogP contribution in [0.5, 0.6) is 0 Å². The summed E-state index contributed by atoms with van der Waals surface area (Å²) in [6.45, 7) is 3.71. The molecule has 3 nitrogen and oxygen atoms in total. The van der Waals surface area contributed by atoms with E-state index in [9.17, 15) is 13.6 Å². The van der Waals surface area contributed by atoms with E-state index in [0.717, 1.165) is 12.3 Å². The van der Waals surface area contributed by atoms with Gasteiger partial charge in [-0.05, 0) is 6.07 Å². The van der Waals surface area contributed by atoms with Crippen molar-refractivity contribution in [2.45, 2.75) is 0 Å². The first kappa shape index (κ1) is 11.3. The minimum Gasteiger partial charge on any atom is -0.338 e. The topological polar surface area (TPSA) is 33.2 Å². The molecule has 5 heteroatoms. The summed E-state index contributed by atoms with van der Waals surface area (Å²) in [4.78, 5) is 15.9. The van der Waals surface area contributed by atoms with E-state index in [4.69, 9.17) is 0 Å². The summed E-state index contributed by atoms with van der Waals surface area (Å²) in [6.07, 6.45) is 2.54. The van der Waals surface area contributed by atoms with E-state index in [0.29, 0.717) is 0 Å². The largest absolute Gasteiger partial charge is 0.338 e. The van der Waals surface area contributed by atoms with E-state index < -0.39 is 17.7 Å². The van der Waals surface area contributed by atoms with Gasteiger partial charge in [-0.1, -0.05) is 6.08 Å². The van der Waals surface area contributed by atoms with Crippen LogP contribution >= 0.6 is 0 Å². The third-order valence-corrected chi connectivity index (χ3v) is 1.83. The molecule has 1 rings (SSSR count). The molecule has 0 saturated carbocycles. The van der Waals surface area contributed by atoms with Crippen LogP contribution in [0.15, 0.2) is 24.9 Å². The molecule has 1 heterocycles. The van der Waals surface area contributed by atoms with Crippen LogP contribution in [-0.4, -0.2) is 29.4 Å². The standard InChI is InChI=1S/C10H10F2N2O/c1-3-6-14(2)10(15)7-4-5-13-9(12)8(7)11/h3-5H,1,6H2,2H3. The first-order chi connectivity index (χ1) is 7.07. The van der Waals surface area contributed by atoms with Gasteiger partial charge in [-0.3, -0.25) is 4.79 Å². The smallest absolute Gasteiger partial charge is 0.257 e. The number of hydrogen-bond acceptors (Lipinski definition) is 2. The van der Waals surface area contributed by atoms with Crippen LogP contribution < -0.4 is 0 Å². The lowest BCUT2D eigenvalue weighted by Gasteiger charge is -2.14. The fourth-order valence-electron chi connectivity index (χ4n) is 1.07. The van der Waals surface area contributed by atoms with Gasteiger partial charge in [0.05, 0.1) is 5.56 Å². The molecule has 80 valence electrons. The summed E-state index contributed by atoms with van der Waals surface area (Å²) >= 11 is 0. The van der Waals surface area contributed by atoms with E-state index in [1.165, 1.54) is 18.0 Å². The summed E-state index contributed by atoms with van der Waals surface area (Å²) in [5.41, 5.74) is -0.327. The molecule has 0 saturated heterocycles. The fourth-order valence-corrected chi connectivity index (χ4v) is 1.07. The molecule has 0 spiro atoms. The first-order valence-electron chi connectivity index (χ1n) is 4.24. The van der Waals surface area contributed by atoms with Crippen molar-refractivity contribution in [2.24, 2.45) is 0 Å². The lowest BCUT2D eigenvalue weighted by Crippen LogP contribution is -2.27. The number of carbonyl (C=O) groups is 1. The predicted octanol–water partition coefficient (Wildman–Crippen LogP) is 1.62. The molecular formula is C10H10F2N2O. The van der Waals surface area contributed by atoms with Crippen LogP contribution in [0.4, 0.5) is 8.78 Å². The maximum Gasteiger partial charge on any atom is 0.257 e. The number of rotatable bonds is 3. The van der Waals surface area contributed by atoms with Crippen LogP contribution in [0, 0.1) is 11.8 Å². The molecule has 0 N–H and O–H groups in total. The zero-order valence-corrected chi connectivity index (χ0v) is 8.20. The van der Waals surface area contributed by atoms with E-state index >= 15 is 0 Å². The molecule has 15 heavy (non-hydrogen) atoms. The summed E-state index contributed by atoms with van der Waals surface area (Å²) in [5, 5.41) is 0. The summed E-state index contributed by atoms with van der Waals surface area (Å²) < 4.78 is 25.9. The Hall–Kier alpha value is -1.78. The third kappa shape index (κ3) is 2.37. The van der Waals surface area contributed by atoms with Gasteiger partial charge >= 0.3 is 0 Å². The van der Waals surface area contributed by atoms with Gasteiger partial charge in [0.25, 0.3) is 5.91 Å².